The molecule has 0 bridgehead atoms. The number of rotatable bonds is 4. The van der Waals surface area contributed by atoms with E-state index in [1.165, 1.54) is 0 Å². The summed E-state index contributed by atoms with van der Waals surface area (Å²) < 4.78 is 7.49. The summed E-state index contributed by atoms with van der Waals surface area (Å²) in [5, 5.41) is 16.4. The van der Waals surface area contributed by atoms with Crippen LogP contribution in [-0.2, 0) is 0 Å². The Kier molecular flexibility index (Phi) is 3.84. The van der Waals surface area contributed by atoms with Gasteiger partial charge in [-0.05, 0) is 54.6 Å². The molecule has 2 heterocycles. The second kappa shape index (κ2) is 6.45. The molecule has 0 saturated heterocycles. The van der Waals surface area contributed by atoms with Gasteiger partial charge in [-0.1, -0.05) is 6.07 Å². The number of hydrogen-bond donors (Lipinski definition) is 2. The third-order valence-electron chi connectivity index (χ3n) is 3.70. The first-order chi connectivity index (χ1) is 12.7. The number of aromatic nitrogens is 3. The molecule has 0 saturated carbocycles. The number of nitrogens with zero attached hydrogens (tertiary/aromatic N) is 4. The van der Waals surface area contributed by atoms with Gasteiger partial charge < -0.3 is 15.8 Å². The molecule has 4 aromatic rings. The Bertz CT molecular complexity index is 1090. The van der Waals surface area contributed by atoms with Crippen LogP contribution in [0, 0.1) is 11.3 Å². The molecule has 2 aromatic carbocycles. The van der Waals surface area contributed by atoms with Crippen LogP contribution in [0.2, 0.25) is 0 Å². The van der Waals surface area contributed by atoms with Crippen molar-refractivity contribution in [3.8, 4) is 17.7 Å². The van der Waals surface area contributed by atoms with Gasteiger partial charge in [-0.3, -0.25) is 0 Å². The highest BCUT2D eigenvalue weighted by Gasteiger charge is 2.09. The standard InChI is InChI=1S/C19H14N6O/c20-12-13-4-8-15(9-5-13)22-19-23-17-2-1-3-18(25(17)24-19)26-16-10-6-14(21)7-11-16/h1-11H,21H2,(H,22,24). The Balaban J connectivity index is 1.62. The Labute approximate surface area is 149 Å². The van der Waals surface area contributed by atoms with Crippen LogP contribution in [0.25, 0.3) is 5.65 Å². The Morgan fingerprint density at radius 1 is 1.00 bits per heavy atom. The van der Waals surface area contributed by atoms with E-state index >= 15 is 0 Å². The quantitative estimate of drug-likeness (QED) is 0.548. The Morgan fingerprint density at radius 3 is 2.50 bits per heavy atom. The van der Waals surface area contributed by atoms with Crippen molar-refractivity contribution in [1.82, 2.24) is 14.6 Å². The van der Waals surface area contributed by atoms with Gasteiger partial charge >= 0.3 is 0 Å². The molecular weight excluding hydrogens is 328 g/mol. The lowest BCUT2D eigenvalue weighted by Gasteiger charge is -2.06. The summed E-state index contributed by atoms with van der Waals surface area (Å²) in [4.78, 5) is 4.44. The molecule has 0 radical (unpaired) electrons. The zero-order valence-corrected chi connectivity index (χ0v) is 13.6. The van der Waals surface area contributed by atoms with E-state index < -0.39 is 0 Å². The number of hydrogen-bond acceptors (Lipinski definition) is 6. The van der Waals surface area contributed by atoms with Crippen molar-refractivity contribution in [2.75, 3.05) is 11.1 Å². The first-order valence-corrected chi connectivity index (χ1v) is 7.88. The average Bonchev–Trinajstić information content (AvgIpc) is 3.08. The maximum atomic E-state index is 8.86. The van der Waals surface area contributed by atoms with Gasteiger partial charge in [0.25, 0.3) is 0 Å². The van der Waals surface area contributed by atoms with Gasteiger partial charge in [-0.2, -0.15) is 14.8 Å². The maximum Gasteiger partial charge on any atom is 0.247 e. The fraction of sp³-hybridized carbons (Fsp3) is 0. The van der Waals surface area contributed by atoms with E-state index in [1.807, 2.05) is 18.2 Å². The van der Waals surface area contributed by atoms with Gasteiger partial charge in [0.1, 0.15) is 5.75 Å². The molecular formula is C19H14N6O. The number of ether oxygens (including phenoxy) is 1. The molecule has 0 fully saturated rings. The van der Waals surface area contributed by atoms with Crippen molar-refractivity contribution < 1.29 is 4.74 Å². The van der Waals surface area contributed by atoms with Gasteiger partial charge in [0.05, 0.1) is 11.6 Å². The number of nitrogens with two attached hydrogens (primary N) is 1. The molecule has 7 heteroatoms. The smallest absolute Gasteiger partial charge is 0.247 e. The molecule has 7 nitrogen and oxygen atoms in total. The number of nitrogens with one attached hydrogen (secondary N) is 1. The highest BCUT2D eigenvalue weighted by Crippen LogP contribution is 2.24. The van der Waals surface area contributed by atoms with Crippen LogP contribution >= 0.6 is 0 Å². The van der Waals surface area contributed by atoms with Crippen LogP contribution < -0.4 is 15.8 Å². The molecule has 0 amide bonds. The lowest BCUT2D eigenvalue weighted by molar-refractivity contribution is 0.448. The minimum absolute atomic E-state index is 0.433. The van der Waals surface area contributed by atoms with Crippen molar-refractivity contribution in [3.05, 3.63) is 72.3 Å². The Morgan fingerprint density at radius 2 is 1.77 bits per heavy atom. The van der Waals surface area contributed by atoms with E-state index in [0.29, 0.717) is 34.5 Å². The number of pyridine rings is 1. The van der Waals surface area contributed by atoms with E-state index in [4.69, 9.17) is 15.7 Å². The molecule has 2 aromatic heterocycles. The molecule has 0 aliphatic heterocycles. The van der Waals surface area contributed by atoms with Crippen molar-refractivity contribution in [2.24, 2.45) is 0 Å². The van der Waals surface area contributed by atoms with Crippen LogP contribution in [0.5, 0.6) is 11.6 Å². The summed E-state index contributed by atoms with van der Waals surface area (Å²) in [5.41, 5.74) is 8.40. The summed E-state index contributed by atoms with van der Waals surface area (Å²) in [7, 11) is 0. The highest BCUT2D eigenvalue weighted by atomic mass is 16.5. The van der Waals surface area contributed by atoms with E-state index in [2.05, 4.69) is 21.5 Å². The zero-order valence-electron chi connectivity index (χ0n) is 13.6. The van der Waals surface area contributed by atoms with Crippen molar-refractivity contribution >= 4 is 23.0 Å². The van der Waals surface area contributed by atoms with Crippen LogP contribution in [0.4, 0.5) is 17.3 Å². The topological polar surface area (TPSA) is 101 Å². The van der Waals surface area contributed by atoms with Gasteiger partial charge in [0.2, 0.25) is 11.8 Å². The molecule has 0 spiro atoms. The SMILES string of the molecule is N#Cc1ccc(Nc2nc3cccc(Oc4ccc(N)cc4)n3n2)cc1. The number of nitrogen functional groups attached to an aromatic ring is 1. The van der Waals surface area contributed by atoms with Crippen molar-refractivity contribution in [3.63, 3.8) is 0 Å². The minimum atomic E-state index is 0.433. The van der Waals surface area contributed by atoms with Crippen molar-refractivity contribution in [2.45, 2.75) is 0 Å². The third-order valence-corrected chi connectivity index (χ3v) is 3.70. The van der Waals surface area contributed by atoms with Crippen LogP contribution in [0.3, 0.4) is 0 Å². The van der Waals surface area contributed by atoms with Gasteiger partial charge in [0.15, 0.2) is 5.65 Å². The molecule has 26 heavy (non-hydrogen) atoms. The predicted octanol–water partition coefficient (Wildman–Crippen LogP) is 3.72. The maximum absolute atomic E-state index is 8.86. The second-order valence-electron chi connectivity index (χ2n) is 5.55. The molecule has 3 N–H and O–H groups in total. The third kappa shape index (κ3) is 3.12. The fourth-order valence-electron chi connectivity index (χ4n) is 2.43. The molecule has 0 aliphatic rings. The van der Waals surface area contributed by atoms with Gasteiger partial charge in [0, 0.05) is 17.4 Å². The fourth-order valence-corrected chi connectivity index (χ4v) is 2.43. The van der Waals surface area contributed by atoms with E-state index in [-0.39, 0.29) is 0 Å². The second-order valence-corrected chi connectivity index (χ2v) is 5.55. The first kappa shape index (κ1) is 15.5. The molecule has 0 aliphatic carbocycles. The molecule has 0 unspecified atom stereocenters. The lowest BCUT2D eigenvalue weighted by Crippen LogP contribution is -1.96. The summed E-state index contributed by atoms with van der Waals surface area (Å²) >= 11 is 0. The first-order valence-electron chi connectivity index (χ1n) is 7.88. The van der Waals surface area contributed by atoms with E-state index in [9.17, 15) is 0 Å². The van der Waals surface area contributed by atoms with Gasteiger partial charge in [-0.15, -0.1) is 5.10 Å². The highest BCUT2D eigenvalue weighted by molar-refractivity contribution is 5.57. The summed E-state index contributed by atoms with van der Waals surface area (Å²) in [6, 6.07) is 21.8. The molecule has 4 rings (SSSR count). The Hall–Kier alpha value is -4.05. The van der Waals surface area contributed by atoms with E-state index in [0.717, 1.165) is 5.69 Å². The lowest BCUT2D eigenvalue weighted by atomic mass is 10.2. The van der Waals surface area contributed by atoms with Crippen LogP contribution in [0.15, 0.2) is 66.7 Å². The van der Waals surface area contributed by atoms with Crippen LogP contribution in [0.1, 0.15) is 5.56 Å². The predicted molar refractivity (Wildman–Crippen MR) is 98.4 cm³/mol. The summed E-state index contributed by atoms with van der Waals surface area (Å²) in [6.07, 6.45) is 0. The summed E-state index contributed by atoms with van der Waals surface area (Å²) in [5.74, 6) is 1.62. The normalized spacial score (nSPS) is 10.4. The average molecular weight is 342 g/mol. The summed E-state index contributed by atoms with van der Waals surface area (Å²) in [6.45, 7) is 0. The van der Waals surface area contributed by atoms with E-state index in [1.54, 1.807) is 53.0 Å². The zero-order chi connectivity index (χ0) is 17.9. The number of benzene rings is 2. The largest absolute Gasteiger partial charge is 0.439 e. The molecule has 126 valence electrons. The van der Waals surface area contributed by atoms with Crippen LogP contribution in [-0.4, -0.2) is 14.6 Å². The van der Waals surface area contributed by atoms with Crippen molar-refractivity contribution in [1.29, 1.82) is 5.26 Å². The monoisotopic (exact) mass is 342 g/mol. The number of nitriles is 1. The number of fused-ring (bicyclic) bond motifs is 1. The molecule has 0 atom stereocenters. The minimum Gasteiger partial charge on any atom is -0.439 e. The van der Waals surface area contributed by atoms with Gasteiger partial charge in [-0.25, -0.2) is 0 Å². The number of anilines is 3.